The van der Waals surface area contributed by atoms with Gasteiger partial charge in [0.1, 0.15) is 5.75 Å². The van der Waals surface area contributed by atoms with E-state index in [2.05, 4.69) is 21.5 Å². The Morgan fingerprint density at radius 1 is 1.17 bits per heavy atom. The summed E-state index contributed by atoms with van der Waals surface area (Å²) in [5.74, 6) is -0.540. The third-order valence-corrected chi connectivity index (χ3v) is 5.21. The number of benzene rings is 2. The monoisotopic (exact) mass is 461 g/mol. The highest BCUT2D eigenvalue weighted by Gasteiger charge is 2.32. The Bertz CT molecular complexity index is 1040. The van der Waals surface area contributed by atoms with Gasteiger partial charge in [-0.25, -0.2) is 0 Å². The molecule has 0 saturated carbocycles. The summed E-state index contributed by atoms with van der Waals surface area (Å²) >= 11 is 12.2. The van der Waals surface area contributed by atoms with Crippen LogP contribution in [0.4, 0.5) is 13.2 Å². The predicted octanol–water partition coefficient (Wildman–Crippen LogP) is 6.58. The summed E-state index contributed by atoms with van der Waals surface area (Å²) < 4.78 is 48.8. The lowest BCUT2D eigenvalue weighted by Gasteiger charge is -2.24. The standard InChI is InChI=1S/C20H20Cl2F3N3O2/c1-5-16(27(2)3)12-7-6-8-15-17(12)28(4)19(26-15)29-18-13(21)9-11(10-14(18)22)30-20(23,24)25/h6-10,16H,5H2,1-4H3. The Morgan fingerprint density at radius 3 is 2.33 bits per heavy atom. The maximum atomic E-state index is 12.5. The number of rotatable bonds is 6. The van der Waals surface area contributed by atoms with Gasteiger partial charge in [0.25, 0.3) is 0 Å². The normalized spacial score (nSPS) is 13.1. The van der Waals surface area contributed by atoms with Crippen LogP contribution in [0.2, 0.25) is 10.0 Å². The summed E-state index contributed by atoms with van der Waals surface area (Å²) in [4.78, 5) is 6.62. The lowest BCUT2D eigenvalue weighted by atomic mass is 10.0. The number of fused-ring (bicyclic) bond motifs is 1. The minimum atomic E-state index is -4.86. The Kier molecular flexibility index (Phi) is 6.40. The number of nitrogens with zero attached hydrogens (tertiary/aromatic N) is 3. The second-order valence-electron chi connectivity index (χ2n) is 6.92. The number of hydrogen-bond acceptors (Lipinski definition) is 4. The van der Waals surface area contributed by atoms with Crippen LogP contribution in [0.5, 0.6) is 17.5 Å². The van der Waals surface area contributed by atoms with E-state index in [0.717, 1.165) is 35.2 Å². The molecule has 0 aliphatic rings. The summed E-state index contributed by atoms with van der Waals surface area (Å²) in [5, 5.41) is -0.262. The van der Waals surface area contributed by atoms with Crippen molar-refractivity contribution in [3.05, 3.63) is 45.9 Å². The molecule has 1 unspecified atom stereocenters. The summed E-state index contributed by atoms with van der Waals surface area (Å²) in [6, 6.07) is 8.17. The lowest BCUT2D eigenvalue weighted by Crippen LogP contribution is -2.19. The number of ether oxygens (including phenoxy) is 2. The molecule has 0 spiro atoms. The fourth-order valence-corrected chi connectivity index (χ4v) is 3.96. The second-order valence-corrected chi connectivity index (χ2v) is 7.74. The number of halogens is 5. The molecule has 162 valence electrons. The van der Waals surface area contributed by atoms with Gasteiger partial charge in [-0.05, 0) is 32.1 Å². The first kappa shape index (κ1) is 22.5. The predicted molar refractivity (Wildman–Crippen MR) is 111 cm³/mol. The topological polar surface area (TPSA) is 39.5 Å². The van der Waals surface area contributed by atoms with Crippen LogP contribution in [0.15, 0.2) is 30.3 Å². The molecule has 30 heavy (non-hydrogen) atoms. The van der Waals surface area contributed by atoms with Crippen LogP contribution in [0.3, 0.4) is 0 Å². The maximum absolute atomic E-state index is 12.5. The molecule has 2 aromatic carbocycles. The van der Waals surface area contributed by atoms with Crippen LogP contribution >= 0.6 is 23.2 Å². The quantitative estimate of drug-likeness (QED) is 0.415. The molecule has 0 amide bonds. The second kappa shape index (κ2) is 8.53. The minimum absolute atomic E-state index is 0.00698. The van der Waals surface area contributed by atoms with Crippen molar-refractivity contribution in [2.24, 2.45) is 7.05 Å². The number of aryl methyl sites for hydroxylation is 1. The van der Waals surface area contributed by atoms with Crippen LogP contribution < -0.4 is 9.47 Å². The van der Waals surface area contributed by atoms with Crippen molar-refractivity contribution < 1.29 is 22.6 Å². The summed E-state index contributed by atoms with van der Waals surface area (Å²) in [6.07, 6.45) is -3.96. The molecule has 1 aromatic heterocycles. The van der Waals surface area contributed by atoms with Crippen molar-refractivity contribution in [3.8, 4) is 17.5 Å². The maximum Gasteiger partial charge on any atom is 0.573 e. The highest BCUT2D eigenvalue weighted by molar-refractivity contribution is 6.37. The van der Waals surface area contributed by atoms with Crippen LogP contribution in [0.25, 0.3) is 11.0 Å². The third kappa shape index (κ3) is 4.61. The van der Waals surface area contributed by atoms with E-state index in [9.17, 15) is 13.2 Å². The van der Waals surface area contributed by atoms with Gasteiger partial charge in [0.2, 0.25) is 0 Å². The van der Waals surface area contributed by atoms with Crippen molar-refractivity contribution in [3.63, 3.8) is 0 Å². The molecule has 0 N–H and O–H groups in total. The van der Waals surface area contributed by atoms with Gasteiger partial charge in [0.05, 0.1) is 21.1 Å². The first-order valence-electron chi connectivity index (χ1n) is 9.06. The average molecular weight is 462 g/mol. The van der Waals surface area contributed by atoms with Crippen molar-refractivity contribution in [1.82, 2.24) is 14.5 Å². The van der Waals surface area contributed by atoms with Crippen molar-refractivity contribution in [2.75, 3.05) is 14.1 Å². The minimum Gasteiger partial charge on any atom is -0.422 e. The van der Waals surface area contributed by atoms with E-state index in [-0.39, 0.29) is 27.8 Å². The number of alkyl halides is 3. The van der Waals surface area contributed by atoms with E-state index < -0.39 is 12.1 Å². The van der Waals surface area contributed by atoms with Crippen molar-refractivity contribution in [2.45, 2.75) is 25.7 Å². The number of aromatic nitrogens is 2. The Hall–Kier alpha value is -2.16. The van der Waals surface area contributed by atoms with Crippen LogP contribution in [0, 0.1) is 0 Å². The zero-order valence-corrected chi connectivity index (χ0v) is 18.2. The van der Waals surface area contributed by atoms with Gasteiger partial charge in [-0.15, -0.1) is 13.2 Å². The van der Waals surface area contributed by atoms with E-state index in [4.69, 9.17) is 27.9 Å². The number of imidazole rings is 1. The van der Waals surface area contributed by atoms with E-state index in [1.807, 2.05) is 32.3 Å². The Morgan fingerprint density at radius 2 is 1.80 bits per heavy atom. The fourth-order valence-electron chi connectivity index (χ4n) is 3.42. The highest BCUT2D eigenvalue weighted by Crippen LogP contribution is 2.41. The summed E-state index contributed by atoms with van der Waals surface area (Å²) in [7, 11) is 5.80. The van der Waals surface area contributed by atoms with Gasteiger partial charge in [0.15, 0.2) is 5.75 Å². The van der Waals surface area contributed by atoms with E-state index in [1.165, 1.54) is 0 Å². The molecule has 0 saturated heterocycles. The molecule has 3 rings (SSSR count). The molecular weight excluding hydrogens is 442 g/mol. The molecule has 1 atom stereocenters. The lowest BCUT2D eigenvalue weighted by molar-refractivity contribution is -0.274. The Labute approximate surface area is 181 Å². The van der Waals surface area contributed by atoms with E-state index in [1.54, 1.807) is 11.6 Å². The highest BCUT2D eigenvalue weighted by atomic mass is 35.5. The van der Waals surface area contributed by atoms with Gasteiger partial charge in [-0.3, -0.25) is 4.57 Å². The molecule has 0 radical (unpaired) electrons. The average Bonchev–Trinajstić information content (AvgIpc) is 2.93. The smallest absolute Gasteiger partial charge is 0.422 e. The van der Waals surface area contributed by atoms with Gasteiger partial charge in [0, 0.05) is 25.2 Å². The van der Waals surface area contributed by atoms with Gasteiger partial charge in [-0.2, -0.15) is 4.98 Å². The zero-order valence-electron chi connectivity index (χ0n) is 16.7. The molecule has 0 aliphatic carbocycles. The van der Waals surface area contributed by atoms with Crippen molar-refractivity contribution in [1.29, 1.82) is 0 Å². The van der Waals surface area contributed by atoms with Crippen molar-refractivity contribution >= 4 is 34.2 Å². The molecule has 10 heteroatoms. The molecule has 0 aliphatic heterocycles. The third-order valence-electron chi connectivity index (χ3n) is 4.65. The molecular formula is C20H20Cl2F3N3O2. The largest absolute Gasteiger partial charge is 0.573 e. The van der Waals surface area contributed by atoms with Gasteiger partial charge < -0.3 is 14.4 Å². The SMILES string of the molecule is CCC(c1cccc2nc(Oc3c(Cl)cc(OC(F)(F)F)cc3Cl)n(C)c12)N(C)C. The van der Waals surface area contributed by atoms with E-state index >= 15 is 0 Å². The molecule has 5 nitrogen and oxygen atoms in total. The van der Waals surface area contributed by atoms with Gasteiger partial charge in [-0.1, -0.05) is 42.3 Å². The zero-order chi connectivity index (χ0) is 22.2. The molecule has 0 fully saturated rings. The molecule has 3 aromatic rings. The fraction of sp³-hybridized carbons (Fsp3) is 0.350. The molecule has 0 bridgehead atoms. The van der Waals surface area contributed by atoms with Crippen LogP contribution in [-0.2, 0) is 7.05 Å². The number of para-hydroxylation sites is 1. The Balaban J connectivity index is 2.02. The van der Waals surface area contributed by atoms with Gasteiger partial charge >= 0.3 is 12.4 Å². The van der Waals surface area contributed by atoms with Crippen LogP contribution in [0.1, 0.15) is 24.9 Å². The molecule has 1 heterocycles. The first-order chi connectivity index (χ1) is 14.0. The first-order valence-corrected chi connectivity index (χ1v) is 9.81. The van der Waals surface area contributed by atoms with Crippen LogP contribution in [-0.4, -0.2) is 34.9 Å². The summed E-state index contributed by atoms with van der Waals surface area (Å²) in [5.41, 5.74) is 2.68. The number of hydrogen-bond donors (Lipinski definition) is 0. The summed E-state index contributed by atoms with van der Waals surface area (Å²) in [6.45, 7) is 2.10. The van der Waals surface area contributed by atoms with E-state index in [0.29, 0.717) is 0 Å².